The molecule has 5 nitrogen and oxygen atoms in total. The number of rotatable bonds is 9. The molecule has 178 valence electrons. The zero-order chi connectivity index (χ0) is 24.9. The molecule has 0 atom stereocenters. The maximum Gasteiger partial charge on any atom is 0.305 e. The van der Waals surface area contributed by atoms with Crippen molar-refractivity contribution in [2.75, 3.05) is 20.2 Å². The van der Waals surface area contributed by atoms with Crippen molar-refractivity contribution in [1.29, 1.82) is 0 Å². The second kappa shape index (κ2) is 14.1. The van der Waals surface area contributed by atoms with Gasteiger partial charge in [-0.25, -0.2) is 4.99 Å². The quantitative estimate of drug-likeness (QED) is 0.275. The van der Waals surface area contributed by atoms with Crippen LogP contribution < -0.4 is 0 Å². The number of halogens is 1. The standard InChI is InChI=1S/C27H27BrN2O2.CH4O/c1-20-9-6-7-14-25(20)27(29-21(2)23-12-8-13-24(28)19-23)30(18-16-26(31)32)17-15-22-10-4-3-5-11-22;1-2/h3-14,19H,2,15-18H2,1H3,(H,31,32);2H,1H3. The summed E-state index contributed by atoms with van der Waals surface area (Å²) in [6, 6.07) is 26.1. The third-order valence-electron chi connectivity index (χ3n) is 5.19. The summed E-state index contributed by atoms with van der Waals surface area (Å²) in [5.74, 6) is -0.0880. The van der Waals surface area contributed by atoms with E-state index in [9.17, 15) is 9.90 Å². The van der Waals surface area contributed by atoms with Gasteiger partial charge < -0.3 is 15.1 Å². The molecule has 0 aliphatic heterocycles. The number of aliphatic hydroxyl groups is 1. The van der Waals surface area contributed by atoms with E-state index in [1.807, 2.05) is 73.7 Å². The van der Waals surface area contributed by atoms with Crippen LogP contribution in [-0.4, -0.2) is 47.1 Å². The van der Waals surface area contributed by atoms with E-state index in [1.54, 1.807) is 0 Å². The first-order valence-electron chi connectivity index (χ1n) is 11.0. The van der Waals surface area contributed by atoms with Gasteiger partial charge in [0, 0.05) is 35.8 Å². The minimum atomic E-state index is -0.829. The molecule has 2 N–H and O–H groups in total. The van der Waals surface area contributed by atoms with Gasteiger partial charge in [0.2, 0.25) is 0 Å². The fraction of sp³-hybridized carbons (Fsp3) is 0.214. The first-order valence-corrected chi connectivity index (χ1v) is 11.8. The summed E-state index contributed by atoms with van der Waals surface area (Å²) in [7, 11) is 1.00. The number of hydrogen-bond donors (Lipinski definition) is 2. The van der Waals surface area contributed by atoms with Crippen LogP contribution in [0.1, 0.15) is 28.7 Å². The molecule has 0 heterocycles. The van der Waals surface area contributed by atoms with Crippen LogP contribution in [0, 0.1) is 6.92 Å². The summed E-state index contributed by atoms with van der Waals surface area (Å²) in [5, 5.41) is 16.4. The van der Waals surface area contributed by atoms with Crippen LogP contribution in [0.3, 0.4) is 0 Å². The lowest BCUT2D eigenvalue weighted by molar-refractivity contribution is -0.137. The number of aliphatic hydroxyl groups excluding tert-OH is 1. The van der Waals surface area contributed by atoms with E-state index < -0.39 is 5.97 Å². The second-order valence-electron chi connectivity index (χ2n) is 7.57. The highest BCUT2D eigenvalue weighted by atomic mass is 79.9. The molecule has 0 radical (unpaired) electrons. The molecule has 0 aromatic heterocycles. The number of carboxylic acids is 1. The number of benzene rings is 3. The minimum absolute atomic E-state index is 0.0308. The van der Waals surface area contributed by atoms with Gasteiger partial charge >= 0.3 is 5.97 Å². The summed E-state index contributed by atoms with van der Waals surface area (Å²) in [4.78, 5) is 18.4. The molecule has 34 heavy (non-hydrogen) atoms. The highest BCUT2D eigenvalue weighted by Crippen LogP contribution is 2.22. The fourth-order valence-corrected chi connectivity index (χ4v) is 3.85. The summed E-state index contributed by atoms with van der Waals surface area (Å²) >= 11 is 3.51. The van der Waals surface area contributed by atoms with E-state index in [1.165, 1.54) is 5.56 Å². The average Bonchev–Trinajstić information content (AvgIpc) is 2.85. The topological polar surface area (TPSA) is 73.1 Å². The van der Waals surface area contributed by atoms with Crippen molar-refractivity contribution in [3.05, 3.63) is 112 Å². The molecule has 0 spiro atoms. The van der Waals surface area contributed by atoms with E-state index in [4.69, 9.17) is 10.1 Å². The molecule has 0 saturated heterocycles. The van der Waals surface area contributed by atoms with Crippen molar-refractivity contribution in [2.45, 2.75) is 19.8 Å². The molecule has 0 unspecified atom stereocenters. The third kappa shape index (κ3) is 8.28. The van der Waals surface area contributed by atoms with E-state index in [-0.39, 0.29) is 6.42 Å². The normalized spacial score (nSPS) is 10.8. The van der Waals surface area contributed by atoms with Gasteiger partial charge in [-0.3, -0.25) is 4.79 Å². The lowest BCUT2D eigenvalue weighted by atomic mass is 10.1. The number of aliphatic imine (C=N–C) groups is 1. The Hall–Kier alpha value is -3.22. The van der Waals surface area contributed by atoms with E-state index in [2.05, 4.69) is 39.5 Å². The van der Waals surface area contributed by atoms with Crippen molar-refractivity contribution in [1.82, 2.24) is 4.90 Å². The van der Waals surface area contributed by atoms with Crippen LogP contribution >= 0.6 is 15.9 Å². The van der Waals surface area contributed by atoms with Crippen molar-refractivity contribution < 1.29 is 15.0 Å². The summed E-state index contributed by atoms with van der Waals surface area (Å²) in [6.07, 6.45) is 0.817. The molecule has 0 fully saturated rings. The number of nitrogens with zero attached hydrogens (tertiary/aromatic N) is 2. The number of hydrogen-bond acceptors (Lipinski definition) is 3. The molecule has 0 amide bonds. The largest absolute Gasteiger partial charge is 0.481 e. The number of aliphatic carboxylic acids is 1. The molecule has 6 heteroatoms. The van der Waals surface area contributed by atoms with Crippen LogP contribution in [0.4, 0.5) is 0 Å². The first-order chi connectivity index (χ1) is 16.4. The summed E-state index contributed by atoms with van der Waals surface area (Å²) in [6.45, 7) is 7.26. The monoisotopic (exact) mass is 522 g/mol. The number of carbonyl (C=O) groups is 1. The highest BCUT2D eigenvalue weighted by Gasteiger charge is 2.18. The minimum Gasteiger partial charge on any atom is -0.481 e. The van der Waals surface area contributed by atoms with Gasteiger partial charge in [-0.15, -0.1) is 0 Å². The Morgan fingerprint density at radius 1 is 0.971 bits per heavy atom. The van der Waals surface area contributed by atoms with E-state index in [0.717, 1.165) is 40.5 Å². The molecule has 0 aliphatic carbocycles. The molecule has 3 aromatic rings. The maximum atomic E-state index is 11.4. The Balaban J connectivity index is 0.00000199. The van der Waals surface area contributed by atoms with Crippen molar-refractivity contribution in [3.8, 4) is 0 Å². The summed E-state index contributed by atoms with van der Waals surface area (Å²) < 4.78 is 0.954. The average molecular weight is 523 g/mol. The zero-order valence-electron chi connectivity index (χ0n) is 19.6. The molecular formula is C28H31BrN2O3. The highest BCUT2D eigenvalue weighted by molar-refractivity contribution is 9.10. The van der Waals surface area contributed by atoms with Gasteiger partial charge in [0.15, 0.2) is 0 Å². The Bertz CT molecular complexity index is 1110. The maximum absolute atomic E-state index is 11.4. The Kier molecular flexibility index (Phi) is 11.2. The fourth-order valence-electron chi connectivity index (χ4n) is 3.45. The smallest absolute Gasteiger partial charge is 0.305 e. The van der Waals surface area contributed by atoms with Gasteiger partial charge in [0.05, 0.1) is 12.1 Å². The molecule has 0 saturated carbocycles. The first kappa shape index (κ1) is 27.0. The number of carboxylic acid groups (broad SMARTS) is 1. The van der Waals surface area contributed by atoms with Crippen LogP contribution in [0.2, 0.25) is 0 Å². The second-order valence-corrected chi connectivity index (χ2v) is 8.49. The summed E-state index contributed by atoms with van der Waals surface area (Å²) in [5.41, 5.74) is 4.79. The SMILES string of the molecule is C=C(N=C(c1ccccc1C)N(CCC(=O)O)CCc1ccccc1)c1cccc(Br)c1.CO. The van der Waals surface area contributed by atoms with E-state index in [0.29, 0.717) is 18.8 Å². The van der Waals surface area contributed by atoms with Crippen LogP contribution in [0.5, 0.6) is 0 Å². The molecule has 3 aromatic carbocycles. The van der Waals surface area contributed by atoms with Gasteiger partial charge in [0.1, 0.15) is 5.84 Å². The van der Waals surface area contributed by atoms with Gasteiger partial charge in [-0.05, 0) is 36.6 Å². The number of amidine groups is 1. The Labute approximate surface area is 210 Å². The lowest BCUT2D eigenvalue weighted by Gasteiger charge is -2.27. The van der Waals surface area contributed by atoms with Crippen molar-refractivity contribution in [2.24, 2.45) is 4.99 Å². The van der Waals surface area contributed by atoms with Gasteiger partial charge in [-0.2, -0.15) is 0 Å². The van der Waals surface area contributed by atoms with Crippen LogP contribution in [-0.2, 0) is 11.2 Å². The Morgan fingerprint density at radius 2 is 1.65 bits per heavy atom. The van der Waals surface area contributed by atoms with Crippen molar-refractivity contribution in [3.63, 3.8) is 0 Å². The third-order valence-corrected chi connectivity index (χ3v) is 5.69. The predicted octanol–water partition coefficient (Wildman–Crippen LogP) is 5.80. The number of aryl methyl sites for hydroxylation is 1. The van der Waals surface area contributed by atoms with Crippen LogP contribution in [0.15, 0.2) is 94.9 Å². The predicted molar refractivity (Wildman–Crippen MR) is 143 cm³/mol. The molecule has 0 bridgehead atoms. The van der Waals surface area contributed by atoms with Gasteiger partial charge in [0.25, 0.3) is 0 Å². The Morgan fingerprint density at radius 3 is 2.29 bits per heavy atom. The van der Waals surface area contributed by atoms with E-state index >= 15 is 0 Å². The molecule has 3 rings (SSSR count). The lowest BCUT2D eigenvalue weighted by Crippen LogP contribution is -2.36. The van der Waals surface area contributed by atoms with Gasteiger partial charge in [-0.1, -0.05) is 89.2 Å². The molecule has 0 aliphatic rings. The zero-order valence-corrected chi connectivity index (χ0v) is 21.2. The van der Waals surface area contributed by atoms with Crippen molar-refractivity contribution >= 4 is 33.4 Å². The molecular weight excluding hydrogens is 492 g/mol. The van der Waals surface area contributed by atoms with Crippen LogP contribution in [0.25, 0.3) is 5.70 Å².